The van der Waals surface area contributed by atoms with E-state index in [0.717, 1.165) is 19.3 Å². The third-order valence-electron chi connectivity index (χ3n) is 4.94. The van der Waals surface area contributed by atoms with Gasteiger partial charge in [-0.25, -0.2) is 0 Å². The number of rotatable bonds is 5. The fraction of sp³-hybridized carbons (Fsp3) is 0.526. The average Bonchev–Trinajstić information content (AvgIpc) is 2.92. The lowest BCUT2D eigenvalue weighted by atomic mass is 10.1. The van der Waals surface area contributed by atoms with Gasteiger partial charge < -0.3 is 14.5 Å². The van der Waals surface area contributed by atoms with Gasteiger partial charge in [0.2, 0.25) is 5.89 Å². The Morgan fingerprint density at radius 1 is 1.35 bits per heavy atom. The van der Waals surface area contributed by atoms with E-state index in [1.807, 2.05) is 25.2 Å². The number of nitrogens with zero attached hydrogens (tertiary/aromatic N) is 4. The zero-order chi connectivity index (χ0) is 18.5. The standard InChI is InChI=1S/C19H26N4O3/c1-14-20-17(21-26-14)13-22(2)16-9-6-11-23(12-10-16)19(25)18(24)15-7-4-3-5-8-15/h3-5,7-8,16,18,24H,6,9-13H2,1-2H3. The first-order chi connectivity index (χ1) is 12.5. The van der Waals surface area contributed by atoms with Crippen LogP contribution in [0.5, 0.6) is 0 Å². The Hall–Kier alpha value is -2.25. The van der Waals surface area contributed by atoms with Gasteiger partial charge in [0.05, 0.1) is 6.54 Å². The Morgan fingerprint density at radius 3 is 2.81 bits per heavy atom. The minimum atomic E-state index is -1.09. The van der Waals surface area contributed by atoms with Crippen LogP contribution in [0.15, 0.2) is 34.9 Å². The number of hydrogen-bond donors (Lipinski definition) is 1. The van der Waals surface area contributed by atoms with E-state index in [-0.39, 0.29) is 5.91 Å². The van der Waals surface area contributed by atoms with E-state index in [4.69, 9.17) is 4.52 Å². The SMILES string of the molecule is Cc1nc(CN(C)C2CCCN(C(=O)C(O)c3ccccc3)CC2)no1. The van der Waals surface area contributed by atoms with Gasteiger partial charge in [0.25, 0.3) is 5.91 Å². The quantitative estimate of drug-likeness (QED) is 0.879. The molecule has 26 heavy (non-hydrogen) atoms. The van der Waals surface area contributed by atoms with E-state index >= 15 is 0 Å². The lowest BCUT2D eigenvalue weighted by molar-refractivity contribution is -0.140. The van der Waals surface area contributed by atoms with Crippen molar-refractivity contribution in [3.8, 4) is 0 Å². The van der Waals surface area contributed by atoms with Crippen LogP contribution in [-0.2, 0) is 11.3 Å². The second-order valence-corrected chi connectivity index (χ2v) is 6.87. The highest BCUT2D eigenvalue weighted by Gasteiger charge is 2.27. The molecule has 1 aliphatic rings. The van der Waals surface area contributed by atoms with Gasteiger partial charge in [-0.2, -0.15) is 4.98 Å². The van der Waals surface area contributed by atoms with Crippen molar-refractivity contribution in [2.24, 2.45) is 0 Å². The summed E-state index contributed by atoms with van der Waals surface area (Å²) in [5.74, 6) is 1.04. The zero-order valence-corrected chi connectivity index (χ0v) is 15.3. The molecule has 0 saturated carbocycles. The molecule has 0 aliphatic carbocycles. The van der Waals surface area contributed by atoms with Crippen LogP contribution in [0.25, 0.3) is 0 Å². The van der Waals surface area contributed by atoms with Gasteiger partial charge in [0, 0.05) is 26.1 Å². The summed E-state index contributed by atoms with van der Waals surface area (Å²) in [6.45, 7) is 3.73. The lowest BCUT2D eigenvalue weighted by Crippen LogP contribution is -2.37. The topological polar surface area (TPSA) is 82.7 Å². The van der Waals surface area contributed by atoms with Crippen LogP contribution in [0.3, 0.4) is 0 Å². The summed E-state index contributed by atoms with van der Waals surface area (Å²) < 4.78 is 5.03. The van der Waals surface area contributed by atoms with Crippen LogP contribution in [0.1, 0.15) is 42.6 Å². The van der Waals surface area contributed by atoms with Gasteiger partial charge in [0.15, 0.2) is 11.9 Å². The predicted molar refractivity (Wildman–Crippen MR) is 96.1 cm³/mol. The van der Waals surface area contributed by atoms with Crippen molar-refractivity contribution in [1.82, 2.24) is 19.9 Å². The molecule has 0 bridgehead atoms. The fourth-order valence-electron chi connectivity index (χ4n) is 3.45. The molecule has 2 unspecified atom stereocenters. The maximum atomic E-state index is 12.7. The molecule has 2 heterocycles. The maximum absolute atomic E-state index is 12.7. The number of carbonyl (C=O) groups is 1. The summed E-state index contributed by atoms with van der Waals surface area (Å²) >= 11 is 0. The summed E-state index contributed by atoms with van der Waals surface area (Å²) in [6, 6.07) is 9.45. The van der Waals surface area contributed by atoms with Crippen molar-refractivity contribution in [1.29, 1.82) is 0 Å². The predicted octanol–water partition coefficient (Wildman–Crippen LogP) is 1.92. The van der Waals surface area contributed by atoms with Crippen LogP contribution >= 0.6 is 0 Å². The molecule has 7 heteroatoms. The number of aryl methyl sites for hydroxylation is 1. The molecule has 1 amide bonds. The Kier molecular flexibility index (Phi) is 6.00. The molecule has 3 rings (SSSR count). The normalized spacial score (nSPS) is 19.4. The number of aromatic nitrogens is 2. The number of likely N-dealkylation sites (tertiary alicyclic amines) is 1. The van der Waals surface area contributed by atoms with Crippen molar-refractivity contribution >= 4 is 5.91 Å². The number of hydrogen-bond acceptors (Lipinski definition) is 6. The second-order valence-electron chi connectivity index (χ2n) is 6.87. The Morgan fingerprint density at radius 2 is 2.12 bits per heavy atom. The summed E-state index contributed by atoms with van der Waals surface area (Å²) in [6.07, 6.45) is 1.68. The molecule has 1 N–H and O–H groups in total. The smallest absolute Gasteiger partial charge is 0.256 e. The van der Waals surface area contributed by atoms with E-state index in [1.165, 1.54) is 0 Å². The molecule has 140 valence electrons. The van der Waals surface area contributed by atoms with Crippen LogP contribution in [0.4, 0.5) is 0 Å². The second kappa shape index (κ2) is 8.42. The van der Waals surface area contributed by atoms with Crippen molar-refractivity contribution in [2.75, 3.05) is 20.1 Å². The van der Waals surface area contributed by atoms with E-state index in [1.54, 1.807) is 24.0 Å². The Labute approximate surface area is 153 Å². The number of amides is 1. The van der Waals surface area contributed by atoms with Gasteiger partial charge in [0.1, 0.15) is 0 Å². The van der Waals surface area contributed by atoms with E-state index in [9.17, 15) is 9.90 Å². The van der Waals surface area contributed by atoms with Crippen molar-refractivity contribution < 1.29 is 14.4 Å². The summed E-state index contributed by atoms with van der Waals surface area (Å²) in [5.41, 5.74) is 0.642. The molecule has 2 atom stereocenters. The first-order valence-corrected chi connectivity index (χ1v) is 9.06. The summed E-state index contributed by atoms with van der Waals surface area (Å²) in [4.78, 5) is 20.9. The van der Waals surface area contributed by atoms with Gasteiger partial charge >= 0.3 is 0 Å². The van der Waals surface area contributed by atoms with Crippen molar-refractivity contribution in [2.45, 2.75) is 44.9 Å². The van der Waals surface area contributed by atoms with Crippen molar-refractivity contribution in [3.63, 3.8) is 0 Å². The van der Waals surface area contributed by atoms with Gasteiger partial charge in [-0.3, -0.25) is 9.69 Å². The number of carbonyl (C=O) groups excluding carboxylic acids is 1. The lowest BCUT2D eigenvalue weighted by Gasteiger charge is -2.26. The van der Waals surface area contributed by atoms with Crippen LogP contribution in [0.2, 0.25) is 0 Å². The highest BCUT2D eigenvalue weighted by molar-refractivity contribution is 5.82. The Bertz CT molecular complexity index is 719. The minimum Gasteiger partial charge on any atom is -0.378 e. The summed E-state index contributed by atoms with van der Waals surface area (Å²) in [5, 5.41) is 14.3. The molecule has 1 fully saturated rings. The molecular weight excluding hydrogens is 332 g/mol. The highest BCUT2D eigenvalue weighted by atomic mass is 16.5. The molecule has 1 aliphatic heterocycles. The fourth-order valence-corrected chi connectivity index (χ4v) is 3.45. The highest BCUT2D eigenvalue weighted by Crippen LogP contribution is 2.21. The summed E-state index contributed by atoms with van der Waals surface area (Å²) in [7, 11) is 2.05. The molecule has 0 spiro atoms. The number of aliphatic hydroxyl groups excluding tert-OH is 1. The maximum Gasteiger partial charge on any atom is 0.256 e. The van der Waals surface area contributed by atoms with Gasteiger partial charge in [-0.1, -0.05) is 35.5 Å². The van der Waals surface area contributed by atoms with Crippen LogP contribution in [-0.4, -0.2) is 57.1 Å². The number of benzene rings is 1. The first-order valence-electron chi connectivity index (χ1n) is 9.06. The monoisotopic (exact) mass is 358 g/mol. The first kappa shape index (κ1) is 18.5. The van der Waals surface area contributed by atoms with E-state index in [0.29, 0.717) is 43.0 Å². The van der Waals surface area contributed by atoms with Gasteiger partial charge in [-0.15, -0.1) is 0 Å². The molecule has 7 nitrogen and oxygen atoms in total. The van der Waals surface area contributed by atoms with Gasteiger partial charge in [-0.05, 0) is 31.9 Å². The van der Waals surface area contributed by atoms with Crippen molar-refractivity contribution in [3.05, 3.63) is 47.6 Å². The molecule has 1 saturated heterocycles. The average molecular weight is 358 g/mol. The largest absolute Gasteiger partial charge is 0.378 e. The molecule has 2 aromatic rings. The van der Waals surface area contributed by atoms with Crippen LogP contribution in [0, 0.1) is 6.92 Å². The molecule has 0 radical (unpaired) electrons. The third kappa shape index (κ3) is 4.47. The molecule has 1 aromatic heterocycles. The Balaban J connectivity index is 1.56. The van der Waals surface area contributed by atoms with E-state index in [2.05, 4.69) is 15.0 Å². The van der Waals surface area contributed by atoms with E-state index < -0.39 is 6.10 Å². The minimum absolute atomic E-state index is 0.215. The van der Waals surface area contributed by atoms with Crippen LogP contribution < -0.4 is 0 Å². The number of aliphatic hydroxyl groups is 1. The third-order valence-corrected chi connectivity index (χ3v) is 4.94. The zero-order valence-electron chi connectivity index (χ0n) is 15.3. The molecule has 1 aromatic carbocycles. The molecular formula is C19H26N4O3.